The van der Waals surface area contributed by atoms with E-state index in [1.54, 1.807) is 6.07 Å². The molecule has 3 nitrogen and oxygen atoms in total. The molecule has 0 radical (unpaired) electrons. The first kappa shape index (κ1) is 13.8. The van der Waals surface area contributed by atoms with Crippen LogP contribution >= 0.6 is 39.3 Å². The van der Waals surface area contributed by atoms with Gasteiger partial charge in [-0.05, 0) is 29.8 Å². The van der Waals surface area contributed by atoms with Gasteiger partial charge in [0, 0.05) is 27.0 Å². The molecule has 2 aromatic carbocycles. The van der Waals surface area contributed by atoms with Gasteiger partial charge in [0.1, 0.15) is 5.52 Å². The summed E-state index contributed by atoms with van der Waals surface area (Å²) >= 11 is 11.1. The fourth-order valence-electron chi connectivity index (χ4n) is 1.76. The normalized spacial score (nSPS) is 11.1. The highest BCUT2D eigenvalue weighted by molar-refractivity contribution is 9.10. The Hall–Kier alpha value is -1.17. The van der Waals surface area contributed by atoms with Crippen molar-refractivity contribution in [1.29, 1.82) is 0 Å². The molecule has 0 atom stereocenters. The maximum atomic E-state index is 6.18. The number of oxazole rings is 1. The van der Waals surface area contributed by atoms with Crippen LogP contribution in [-0.4, -0.2) is 4.98 Å². The molecule has 1 heterocycles. The summed E-state index contributed by atoms with van der Waals surface area (Å²) in [6.07, 6.45) is 0. The van der Waals surface area contributed by atoms with Gasteiger partial charge in [0.05, 0.1) is 0 Å². The molecular weight excluding hydrogens is 360 g/mol. The second-order valence-electron chi connectivity index (χ2n) is 4.23. The molecule has 0 spiro atoms. The van der Waals surface area contributed by atoms with Crippen molar-refractivity contribution in [2.24, 2.45) is 0 Å². The van der Waals surface area contributed by atoms with E-state index in [-0.39, 0.29) is 0 Å². The number of hydrogen-bond acceptors (Lipinski definition) is 4. The summed E-state index contributed by atoms with van der Waals surface area (Å²) in [6, 6.07) is 11.3. The van der Waals surface area contributed by atoms with E-state index >= 15 is 0 Å². The third-order valence-corrected chi connectivity index (χ3v) is 4.48. The number of benzene rings is 2. The molecule has 3 aromatic rings. The number of anilines is 1. The highest BCUT2D eigenvalue weighted by Crippen LogP contribution is 2.30. The minimum Gasteiger partial charge on any atom is -0.431 e. The largest absolute Gasteiger partial charge is 0.431 e. The van der Waals surface area contributed by atoms with Gasteiger partial charge in [0.25, 0.3) is 5.22 Å². The van der Waals surface area contributed by atoms with Crippen LogP contribution in [0.4, 0.5) is 5.69 Å². The summed E-state index contributed by atoms with van der Waals surface area (Å²) in [5.74, 6) is 0.703. The van der Waals surface area contributed by atoms with E-state index in [2.05, 4.69) is 20.9 Å². The summed E-state index contributed by atoms with van der Waals surface area (Å²) in [5, 5.41) is 1.34. The second kappa shape index (κ2) is 5.68. The minimum absolute atomic E-state index is 0.615. The van der Waals surface area contributed by atoms with Crippen LogP contribution in [0.15, 0.2) is 50.5 Å². The molecular formula is C14H10BrClN2OS. The van der Waals surface area contributed by atoms with E-state index < -0.39 is 0 Å². The Bertz CT molecular complexity index is 775. The lowest BCUT2D eigenvalue weighted by molar-refractivity contribution is 0.489. The number of hydrogen-bond donors (Lipinski definition) is 1. The van der Waals surface area contributed by atoms with Crippen molar-refractivity contribution in [2.45, 2.75) is 11.0 Å². The third kappa shape index (κ3) is 2.95. The summed E-state index contributed by atoms with van der Waals surface area (Å²) in [6.45, 7) is 0. The lowest BCUT2D eigenvalue weighted by Gasteiger charge is -2.02. The molecule has 0 aliphatic heterocycles. The van der Waals surface area contributed by atoms with E-state index in [0.29, 0.717) is 22.2 Å². The van der Waals surface area contributed by atoms with Crippen LogP contribution in [0.5, 0.6) is 0 Å². The summed E-state index contributed by atoms with van der Waals surface area (Å²) in [7, 11) is 0. The van der Waals surface area contributed by atoms with E-state index in [1.807, 2.05) is 30.3 Å². The first-order valence-corrected chi connectivity index (χ1v) is 8.00. The van der Waals surface area contributed by atoms with Crippen LogP contribution in [0, 0.1) is 0 Å². The number of fused-ring (bicyclic) bond motifs is 1. The molecule has 3 rings (SSSR count). The molecule has 0 aliphatic rings. The number of thioether (sulfide) groups is 1. The zero-order valence-electron chi connectivity index (χ0n) is 10.3. The molecule has 20 heavy (non-hydrogen) atoms. The molecule has 102 valence electrons. The van der Waals surface area contributed by atoms with Gasteiger partial charge in [-0.1, -0.05) is 45.4 Å². The Labute approximate surface area is 133 Å². The number of nitrogens with zero attached hydrogens (tertiary/aromatic N) is 1. The van der Waals surface area contributed by atoms with Crippen LogP contribution < -0.4 is 5.73 Å². The molecule has 0 bridgehead atoms. The van der Waals surface area contributed by atoms with Gasteiger partial charge < -0.3 is 10.2 Å². The van der Waals surface area contributed by atoms with E-state index in [9.17, 15) is 0 Å². The van der Waals surface area contributed by atoms with Crippen LogP contribution in [0.3, 0.4) is 0 Å². The summed E-state index contributed by atoms with van der Waals surface area (Å²) in [5.41, 5.74) is 8.94. The molecule has 0 fully saturated rings. The number of nitrogen functional groups attached to an aromatic ring is 1. The Morgan fingerprint density at radius 2 is 2.10 bits per heavy atom. The van der Waals surface area contributed by atoms with Crippen molar-refractivity contribution >= 4 is 56.1 Å². The monoisotopic (exact) mass is 368 g/mol. The number of aromatic nitrogens is 1. The maximum absolute atomic E-state index is 6.18. The molecule has 2 N–H and O–H groups in total. The smallest absolute Gasteiger partial charge is 0.257 e. The number of nitrogens with two attached hydrogens (primary N) is 1. The average Bonchev–Trinajstić information content (AvgIpc) is 2.79. The Morgan fingerprint density at radius 1 is 1.25 bits per heavy atom. The standard InChI is InChI=1S/C14H10BrClN2OS/c15-9-2-1-8(11(16)5-9)7-20-14-18-12-4-3-10(17)6-13(12)19-14/h1-6H,7,17H2. The fraction of sp³-hybridized carbons (Fsp3) is 0.0714. The SMILES string of the molecule is Nc1ccc2nc(SCc3ccc(Br)cc3Cl)oc2c1. The third-order valence-electron chi connectivity index (χ3n) is 2.76. The highest BCUT2D eigenvalue weighted by atomic mass is 79.9. The van der Waals surface area contributed by atoms with Crippen LogP contribution in [0.2, 0.25) is 5.02 Å². The van der Waals surface area contributed by atoms with Gasteiger partial charge in [-0.2, -0.15) is 0 Å². The lowest BCUT2D eigenvalue weighted by atomic mass is 10.2. The molecule has 6 heteroatoms. The first-order valence-electron chi connectivity index (χ1n) is 5.84. The van der Waals surface area contributed by atoms with Crippen molar-refractivity contribution in [1.82, 2.24) is 4.98 Å². The summed E-state index contributed by atoms with van der Waals surface area (Å²) < 4.78 is 6.62. The second-order valence-corrected chi connectivity index (χ2v) is 6.48. The average molecular weight is 370 g/mol. The van der Waals surface area contributed by atoms with E-state index in [0.717, 1.165) is 20.6 Å². The van der Waals surface area contributed by atoms with Crippen LogP contribution in [0.1, 0.15) is 5.56 Å². The van der Waals surface area contributed by atoms with Crippen LogP contribution in [0.25, 0.3) is 11.1 Å². The van der Waals surface area contributed by atoms with Gasteiger partial charge >= 0.3 is 0 Å². The van der Waals surface area contributed by atoms with Gasteiger partial charge in [-0.3, -0.25) is 0 Å². The Kier molecular flexibility index (Phi) is 3.92. The van der Waals surface area contributed by atoms with E-state index in [1.165, 1.54) is 11.8 Å². The van der Waals surface area contributed by atoms with Crippen molar-refractivity contribution in [3.05, 3.63) is 51.5 Å². The summed E-state index contributed by atoms with van der Waals surface area (Å²) in [4.78, 5) is 4.40. The van der Waals surface area contributed by atoms with Crippen molar-refractivity contribution in [3.8, 4) is 0 Å². The molecule has 1 aromatic heterocycles. The number of rotatable bonds is 3. The fourth-order valence-corrected chi connectivity index (χ4v) is 3.42. The molecule has 0 saturated heterocycles. The number of halogens is 2. The zero-order valence-corrected chi connectivity index (χ0v) is 13.4. The van der Waals surface area contributed by atoms with Crippen LogP contribution in [-0.2, 0) is 5.75 Å². The lowest BCUT2D eigenvalue weighted by Crippen LogP contribution is -1.82. The van der Waals surface area contributed by atoms with Crippen molar-refractivity contribution in [2.75, 3.05) is 5.73 Å². The Morgan fingerprint density at radius 3 is 2.90 bits per heavy atom. The van der Waals surface area contributed by atoms with Crippen molar-refractivity contribution < 1.29 is 4.42 Å². The van der Waals surface area contributed by atoms with Gasteiger partial charge in [-0.15, -0.1) is 0 Å². The quantitative estimate of drug-likeness (QED) is 0.514. The topological polar surface area (TPSA) is 52.0 Å². The first-order chi connectivity index (χ1) is 9.61. The van der Waals surface area contributed by atoms with E-state index in [4.69, 9.17) is 21.8 Å². The highest BCUT2D eigenvalue weighted by Gasteiger charge is 2.08. The predicted octanol–water partition coefficient (Wildman–Crippen LogP) is 5.12. The van der Waals surface area contributed by atoms with Crippen molar-refractivity contribution in [3.63, 3.8) is 0 Å². The van der Waals surface area contributed by atoms with Gasteiger partial charge in [0.2, 0.25) is 0 Å². The minimum atomic E-state index is 0.615. The molecule has 0 saturated carbocycles. The van der Waals surface area contributed by atoms with Gasteiger partial charge in [-0.25, -0.2) is 4.98 Å². The molecule has 0 amide bonds. The predicted molar refractivity (Wildman–Crippen MR) is 87.1 cm³/mol. The zero-order chi connectivity index (χ0) is 14.1. The maximum Gasteiger partial charge on any atom is 0.257 e. The van der Waals surface area contributed by atoms with Gasteiger partial charge in [0.15, 0.2) is 5.58 Å². The molecule has 0 unspecified atom stereocenters. The molecule has 0 aliphatic carbocycles. The Balaban J connectivity index is 1.79.